The predicted molar refractivity (Wildman–Crippen MR) is 225 cm³/mol. The predicted octanol–water partition coefficient (Wildman–Crippen LogP) is 10.9. The molecule has 0 bridgehead atoms. The molecule has 13 nitrogen and oxygen atoms in total. The van der Waals surface area contributed by atoms with Crippen molar-refractivity contribution in [2.75, 3.05) is 26.4 Å². The summed E-state index contributed by atoms with van der Waals surface area (Å²) in [6, 6.07) is 0. The van der Waals surface area contributed by atoms with Crippen LogP contribution in [0.4, 0.5) is 0 Å². The number of allylic oxidation sites excluding steroid dienone is 6. The zero-order valence-electron chi connectivity index (χ0n) is 35.2. The minimum absolute atomic E-state index is 0.107. The molecule has 15 heteroatoms. The number of carbonyl (C=O) groups excluding carboxylic acids is 2. The van der Waals surface area contributed by atoms with Crippen LogP contribution < -0.4 is 0 Å². The Hall–Kier alpha value is -1.66. The highest BCUT2D eigenvalue weighted by Crippen LogP contribution is 2.43. The number of hydrogen-bond acceptors (Lipinski definition) is 10. The second-order valence-electron chi connectivity index (χ2n) is 14.6. The molecule has 0 saturated carbocycles. The van der Waals surface area contributed by atoms with E-state index in [0.29, 0.717) is 12.8 Å². The number of hydrogen-bond donors (Lipinski definition) is 4. The summed E-state index contributed by atoms with van der Waals surface area (Å²) in [5.74, 6) is -1.05. The molecule has 57 heavy (non-hydrogen) atoms. The van der Waals surface area contributed by atoms with Crippen LogP contribution in [0.5, 0.6) is 0 Å². The maximum absolute atomic E-state index is 12.6. The minimum Gasteiger partial charge on any atom is -0.462 e. The van der Waals surface area contributed by atoms with Crippen LogP contribution >= 0.6 is 15.6 Å². The summed E-state index contributed by atoms with van der Waals surface area (Å²) in [5.41, 5.74) is 0. The van der Waals surface area contributed by atoms with Gasteiger partial charge in [-0.05, 0) is 51.4 Å². The first-order chi connectivity index (χ1) is 27.4. The molecule has 0 spiro atoms. The summed E-state index contributed by atoms with van der Waals surface area (Å²) in [6.07, 6.45) is 37.0. The van der Waals surface area contributed by atoms with Crippen LogP contribution in [0.1, 0.15) is 181 Å². The van der Waals surface area contributed by atoms with Gasteiger partial charge < -0.3 is 29.3 Å². The Bertz CT molecular complexity index is 1150. The fourth-order valence-corrected chi connectivity index (χ4v) is 6.86. The molecule has 334 valence electrons. The molecule has 0 radical (unpaired) electrons. The van der Waals surface area contributed by atoms with Gasteiger partial charge in [-0.2, -0.15) is 0 Å². The second kappa shape index (κ2) is 38.5. The van der Waals surface area contributed by atoms with Crippen molar-refractivity contribution in [2.45, 2.75) is 193 Å². The van der Waals surface area contributed by atoms with E-state index in [1.165, 1.54) is 77.0 Å². The van der Waals surface area contributed by atoms with Gasteiger partial charge in [0.15, 0.2) is 6.10 Å². The molecule has 3 atom stereocenters. The Kier molecular flexibility index (Phi) is 37.4. The van der Waals surface area contributed by atoms with E-state index in [2.05, 4.69) is 59.4 Å². The van der Waals surface area contributed by atoms with E-state index in [0.717, 1.165) is 64.2 Å². The Morgan fingerprint density at radius 2 is 0.912 bits per heavy atom. The van der Waals surface area contributed by atoms with Crippen LogP contribution in [0.3, 0.4) is 0 Å². The largest absolute Gasteiger partial charge is 0.472 e. The van der Waals surface area contributed by atoms with Gasteiger partial charge in [0.05, 0.1) is 19.8 Å². The number of aliphatic hydroxyl groups excluding tert-OH is 1. The van der Waals surface area contributed by atoms with Crippen molar-refractivity contribution >= 4 is 27.6 Å². The highest BCUT2D eigenvalue weighted by molar-refractivity contribution is 7.47. The first-order valence-corrected chi connectivity index (χ1v) is 24.7. The van der Waals surface area contributed by atoms with E-state index in [4.69, 9.17) is 23.8 Å². The zero-order valence-corrected chi connectivity index (χ0v) is 37.0. The van der Waals surface area contributed by atoms with E-state index < -0.39 is 59.6 Å². The van der Waals surface area contributed by atoms with E-state index >= 15 is 0 Å². The van der Waals surface area contributed by atoms with Gasteiger partial charge in [-0.1, -0.05) is 153 Å². The molecule has 0 saturated heterocycles. The van der Waals surface area contributed by atoms with Gasteiger partial charge in [0.2, 0.25) is 0 Å². The van der Waals surface area contributed by atoms with Gasteiger partial charge in [-0.15, -0.1) is 0 Å². The molecule has 4 N–H and O–H groups in total. The van der Waals surface area contributed by atoms with Crippen molar-refractivity contribution < 1.29 is 61.6 Å². The average molecular weight is 853 g/mol. The quantitative estimate of drug-likeness (QED) is 0.0196. The maximum atomic E-state index is 12.6. The lowest BCUT2D eigenvalue weighted by Gasteiger charge is -2.20. The molecule has 0 fully saturated rings. The lowest BCUT2D eigenvalue weighted by Crippen LogP contribution is -2.30. The lowest BCUT2D eigenvalue weighted by atomic mass is 10.0. The monoisotopic (exact) mass is 852 g/mol. The zero-order chi connectivity index (χ0) is 42.3. The van der Waals surface area contributed by atoms with E-state index in [-0.39, 0.29) is 19.4 Å². The summed E-state index contributed by atoms with van der Waals surface area (Å²) in [6.45, 7) is 1.71. The Morgan fingerprint density at radius 3 is 1.44 bits per heavy atom. The first kappa shape index (κ1) is 55.3. The van der Waals surface area contributed by atoms with Gasteiger partial charge in [-0.25, -0.2) is 9.13 Å². The van der Waals surface area contributed by atoms with Crippen molar-refractivity contribution in [3.8, 4) is 0 Å². The van der Waals surface area contributed by atoms with Gasteiger partial charge in [-0.3, -0.25) is 23.2 Å². The van der Waals surface area contributed by atoms with Crippen molar-refractivity contribution in [3.05, 3.63) is 36.5 Å². The fraction of sp³-hybridized carbons (Fsp3) is 0.810. The highest BCUT2D eigenvalue weighted by Gasteiger charge is 2.28. The van der Waals surface area contributed by atoms with Crippen molar-refractivity contribution in [2.24, 2.45) is 0 Å². The lowest BCUT2D eigenvalue weighted by molar-refractivity contribution is -0.161. The maximum Gasteiger partial charge on any atom is 0.472 e. The molecule has 0 aliphatic carbocycles. The minimum atomic E-state index is -4.86. The molecule has 0 aromatic carbocycles. The second-order valence-corrected chi connectivity index (χ2v) is 17.3. The molecule has 0 aliphatic heterocycles. The van der Waals surface area contributed by atoms with Crippen LogP contribution in [0.15, 0.2) is 36.5 Å². The van der Waals surface area contributed by atoms with Crippen molar-refractivity contribution in [3.63, 3.8) is 0 Å². The number of phosphoric ester groups is 2. The third-order valence-corrected chi connectivity index (χ3v) is 10.5. The number of unbranched alkanes of at least 4 members (excludes halogenated alkanes) is 19. The molecule has 0 aromatic heterocycles. The fourth-order valence-electron chi connectivity index (χ4n) is 5.71. The smallest absolute Gasteiger partial charge is 0.462 e. The summed E-state index contributed by atoms with van der Waals surface area (Å²) in [7, 11) is -9.67. The number of phosphoric acid groups is 2. The molecule has 1 unspecified atom stereocenters. The Balaban J connectivity index is 4.56. The summed E-state index contributed by atoms with van der Waals surface area (Å²) >= 11 is 0. The molecule has 0 rings (SSSR count). The summed E-state index contributed by atoms with van der Waals surface area (Å²) < 4.78 is 47.7. The summed E-state index contributed by atoms with van der Waals surface area (Å²) in [5, 5.41) is 9.74. The number of esters is 2. The van der Waals surface area contributed by atoms with Gasteiger partial charge in [0, 0.05) is 12.8 Å². The molecular weight excluding hydrogens is 774 g/mol. The number of carbonyl (C=O) groups is 2. The Labute approximate surface area is 344 Å². The number of ether oxygens (including phenoxy) is 2. The Morgan fingerprint density at radius 1 is 0.509 bits per heavy atom. The average Bonchev–Trinajstić information content (AvgIpc) is 3.17. The molecule has 0 aliphatic rings. The van der Waals surface area contributed by atoms with Crippen LogP contribution in [0.2, 0.25) is 0 Å². The topological polar surface area (TPSA) is 195 Å². The standard InChI is InChI=1S/C42H78O13P2/c1-3-5-7-9-11-13-15-17-18-19-20-22-24-26-28-30-32-34-42(45)55-40(38-54-57(49,50)53-36-39(43)35-52-56(46,47)48)37-51-41(44)33-31-29-27-25-23-21-16-14-12-10-8-6-4-2/h11,13,17-18,20,22,39-40,43H,3-10,12,14-16,19,21,23-38H2,1-2H3,(H,49,50)(H2,46,47,48)/b13-11-,18-17-,22-20-/t39-,40+/m0/s1. The van der Waals surface area contributed by atoms with E-state index in [1.807, 2.05) is 0 Å². The van der Waals surface area contributed by atoms with E-state index in [9.17, 15) is 28.7 Å². The third-order valence-electron chi connectivity index (χ3n) is 9.02. The molecular formula is C42H78O13P2. The van der Waals surface area contributed by atoms with Gasteiger partial charge in [0.25, 0.3) is 0 Å². The third kappa shape index (κ3) is 42.3. The van der Waals surface area contributed by atoms with Crippen LogP contribution in [0.25, 0.3) is 0 Å². The number of rotatable bonds is 41. The first-order valence-electron chi connectivity index (χ1n) is 21.7. The van der Waals surface area contributed by atoms with Crippen LogP contribution in [-0.4, -0.2) is 70.4 Å². The van der Waals surface area contributed by atoms with Gasteiger partial charge in [0.1, 0.15) is 12.7 Å². The van der Waals surface area contributed by atoms with Crippen molar-refractivity contribution in [1.29, 1.82) is 0 Å². The van der Waals surface area contributed by atoms with Crippen molar-refractivity contribution in [1.82, 2.24) is 0 Å². The SMILES string of the molecule is CCCCC/C=C\C/C=C\C/C=C\CCCCCCC(=O)O[C@H](COC(=O)CCCCCCCCCCCCCCC)COP(=O)(O)OC[C@@H](O)COP(=O)(O)O. The van der Waals surface area contributed by atoms with Crippen LogP contribution in [0, 0.1) is 0 Å². The molecule has 0 amide bonds. The highest BCUT2D eigenvalue weighted by atomic mass is 31.2. The molecule has 0 aromatic rings. The number of aliphatic hydroxyl groups is 1. The molecule has 0 heterocycles. The normalized spacial score (nSPS) is 14.4. The van der Waals surface area contributed by atoms with Crippen LogP contribution in [-0.2, 0) is 41.8 Å². The summed E-state index contributed by atoms with van der Waals surface area (Å²) in [4.78, 5) is 52.6. The van der Waals surface area contributed by atoms with Gasteiger partial charge >= 0.3 is 27.6 Å². The van der Waals surface area contributed by atoms with E-state index in [1.54, 1.807) is 0 Å².